The SMILES string of the molecule is O=S(=O)(CC1CCCCC1)NCCCCCCCl. The minimum absolute atomic E-state index is 0.328. The van der Waals surface area contributed by atoms with Crippen LogP contribution in [0.3, 0.4) is 0 Å². The van der Waals surface area contributed by atoms with Crippen LogP contribution in [-0.4, -0.2) is 26.6 Å². The molecular formula is C13H26ClNO2S. The number of unbranched alkanes of at least 4 members (excludes halogenated alkanes) is 3. The van der Waals surface area contributed by atoms with E-state index in [0.717, 1.165) is 38.5 Å². The summed E-state index contributed by atoms with van der Waals surface area (Å²) in [6.45, 7) is 0.581. The number of halogens is 1. The summed E-state index contributed by atoms with van der Waals surface area (Å²) >= 11 is 5.58. The lowest BCUT2D eigenvalue weighted by molar-refractivity contribution is 0.384. The third kappa shape index (κ3) is 7.59. The smallest absolute Gasteiger partial charge is 0.211 e. The van der Waals surface area contributed by atoms with Crippen molar-refractivity contribution in [2.24, 2.45) is 5.92 Å². The van der Waals surface area contributed by atoms with E-state index in [-0.39, 0.29) is 0 Å². The van der Waals surface area contributed by atoms with E-state index in [1.165, 1.54) is 19.3 Å². The molecule has 1 aliphatic carbocycles. The highest BCUT2D eigenvalue weighted by Gasteiger charge is 2.20. The summed E-state index contributed by atoms with van der Waals surface area (Å²) in [5, 5.41) is 0. The summed E-state index contributed by atoms with van der Waals surface area (Å²) in [5.74, 6) is 1.41. The van der Waals surface area contributed by atoms with Crippen LogP contribution in [-0.2, 0) is 10.0 Å². The van der Waals surface area contributed by atoms with Crippen molar-refractivity contribution in [3.8, 4) is 0 Å². The van der Waals surface area contributed by atoms with Crippen molar-refractivity contribution in [2.45, 2.75) is 57.8 Å². The topological polar surface area (TPSA) is 46.2 Å². The van der Waals surface area contributed by atoms with Crippen LogP contribution in [0.2, 0.25) is 0 Å². The molecule has 108 valence electrons. The Morgan fingerprint density at radius 2 is 1.67 bits per heavy atom. The second kappa shape index (κ2) is 9.16. The summed E-state index contributed by atoms with van der Waals surface area (Å²) in [5.41, 5.74) is 0. The van der Waals surface area contributed by atoms with E-state index in [9.17, 15) is 8.42 Å². The van der Waals surface area contributed by atoms with Crippen molar-refractivity contribution in [1.82, 2.24) is 4.72 Å². The van der Waals surface area contributed by atoms with E-state index in [1.54, 1.807) is 0 Å². The maximum absolute atomic E-state index is 11.9. The van der Waals surface area contributed by atoms with Gasteiger partial charge in [-0.05, 0) is 31.6 Å². The molecule has 0 atom stereocenters. The van der Waals surface area contributed by atoms with Crippen molar-refractivity contribution in [3.63, 3.8) is 0 Å². The van der Waals surface area contributed by atoms with Gasteiger partial charge in [0.15, 0.2) is 0 Å². The average molecular weight is 296 g/mol. The Morgan fingerprint density at radius 1 is 1.00 bits per heavy atom. The number of alkyl halides is 1. The normalized spacial score (nSPS) is 18.1. The predicted molar refractivity (Wildman–Crippen MR) is 77.6 cm³/mol. The maximum Gasteiger partial charge on any atom is 0.211 e. The highest BCUT2D eigenvalue weighted by molar-refractivity contribution is 7.89. The van der Waals surface area contributed by atoms with Gasteiger partial charge in [-0.3, -0.25) is 0 Å². The molecule has 18 heavy (non-hydrogen) atoms. The highest BCUT2D eigenvalue weighted by atomic mass is 35.5. The van der Waals surface area contributed by atoms with Crippen molar-refractivity contribution in [2.75, 3.05) is 18.2 Å². The first kappa shape index (κ1) is 16.3. The standard InChI is InChI=1S/C13H26ClNO2S/c14-10-6-1-2-7-11-15-18(16,17)12-13-8-4-3-5-9-13/h13,15H,1-12H2. The Kier molecular flexibility index (Phi) is 8.27. The molecule has 0 aromatic rings. The molecule has 0 amide bonds. The van der Waals surface area contributed by atoms with E-state index in [2.05, 4.69) is 4.72 Å². The summed E-state index contributed by atoms with van der Waals surface area (Å²) in [4.78, 5) is 0. The second-order valence-electron chi connectivity index (χ2n) is 5.28. The third-order valence-corrected chi connectivity index (χ3v) is 5.38. The molecule has 0 aliphatic heterocycles. The molecule has 0 bridgehead atoms. The number of nitrogens with one attached hydrogen (secondary N) is 1. The van der Waals surface area contributed by atoms with E-state index in [4.69, 9.17) is 11.6 Å². The summed E-state index contributed by atoms with van der Waals surface area (Å²) in [7, 11) is -3.05. The molecular weight excluding hydrogens is 270 g/mol. The molecule has 0 spiro atoms. The Hall–Kier alpha value is 0.200. The largest absolute Gasteiger partial charge is 0.215 e. The Balaban J connectivity index is 2.11. The fourth-order valence-electron chi connectivity index (χ4n) is 2.52. The third-order valence-electron chi connectivity index (χ3n) is 3.56. The van der Waals surface area contributed by atoms with Crippen LogP contribution in [0.4, 0.5) is 0 Å². The van der Waals surface area contributed by atoms with E-state index in [0.29, 0.717) is 24.1 Å². The minimum atomic E-state index is -3.05. The Morgan fingerprint density at radius 3 is 2.33 bits per heavy atom. The van der Waals surface area contributed by atoms with Gasteiger partial charge in [0, 0.05) is 12.4 Å². The van der Waals surface area contributed by atoms with Gasteiger partial charge >= 0.3 is 0 Å². The molecule has 0 radical (unpaired) electrons. The zero-order valence-electron chi connectivity index (χ0n) is 11.2. The first-order valence-electron chi connectivity index (χ1n) is 7.17. The van der Waals surface area contributed by atoms with Crippen molar-refractivity contribution < 1.29 is 8.42 Å². The van der Waals surface area contributed by atoms with Crippen molar-refractivity contribution >= 4 is 21.6 Å². The fourth-order valence-corrected chi connectivity index (χ4v) is 4.24. The van der Waals surface area contributed by atoms with Gasteiger partial charge in [0.05, 0.1) is 5.75 Å². The van der Waals surface area contributed by atoms with Gasteiger partial charge in [-0.2, -0.15) is 0 Å². The molecule has 1 fully saturated rings. The van der Waals surface area contributed by atoms with Crippen molar-refractivity contribution in [3.05, 3.63) is 0 Å². The fraction of sp³-hybridized carbons (Fsp3) is 1.00. The van der Waals surface area contributed by atoms with Gasteiger partial charge in [-0.25, -0.2) is 13.1 Å². The number of sulfonamides is 1. The first-order valence-corrected chi connectivity index (χ1v) is 9.36. The van der Waals surface area contributed by atoms with Gasteiger partial charge < -0.3 is 0 Å². The van der Waals surface area contributed by atoms with Crippen LogP contribution in [0.5, 0.6) is 0 Å². The Bertz CT molecular complexity index is 300. The van der Waals surface area contributed by atoms with Crippen LogP contribution in [0.25, 0.3) is 0 Å². The van der Waals surface area contributed by atoms with Crippen LogP contribution < -0.4 is 4.72 Å². The first-order chi connectivity index (χ1) is 8.64. The van der Waals surface area contributed by atoms with Crippen LogP contribution >= 0.6 is 11.6 Å². The van der Waals surface area contributed by atoms with Gasteiger partial charge in [-0.15, -0.1) is 11.6 Å². The van der Waals surface area contributed by atoms with Gasteiger partial charge in [0.1, 0.15) is 0 Å². The highest BCUT2D eigenvalue weighted by Crippen LogP contribution is 2.24. The molecule has 0 saturated heterocycles. The molecule has 5 heteroatoms. The zero-order valence-corrected chi connectivity index (χ0v) is 12.7. The molecule has 1 aliphatic rings. The van der Waals surface area contributed by atoms with Gasteiger partial charge in [-0.1, -0.05) is 32.1 Å². The molecule has 0 heterocycles. The van der Waals surface area contributed by atoms with Crippen molar-refractivity contribution in [1.29, 1.82) is 0 Å². The van der Waals surface area contributed by atoms with E-state index < -0.39 is 10.0 Å². The van der Waals surface area contributed by atoms with Crippen LogP contribution in [0.15, 0.2) is 0 Å². The minimum Gasteiger partial charge on any atom is -0.215 e. The van der Waals surface area contributed by atoms with E-state index in [1.807, 2.05) is 0 Å². The average Bonchev–Trinajstić information content (AvgIpc) is 2.34. The molecule has 0 aromatic carbocycles. The lowest BCUT2D eigenvalue weighted by Crippen LogP contribution is -2.31. The molecule has 1 saturated carbocycles. The molecule has 1 N–H and O–H groups in total. The summed E-state index contributed by atoms with van der Waals surface area (Å²) in [6.07, 6.45) is 9.90. The maximum atomic E-state index is 11.9. The zero-order chi connectivity index (χ0) is 13.3. The lowest BCUT2D eigenvalue weighted by atomic mass is 9.91. The second-order valence-corrected chi connectivity index (χ2v) is 7.51. The Labute approximate surface area is 117 Å². The molecule has 3 nitrogen and oxygen atoms in total. The quantitative estimate of drug-likeness (QED) is 0.524. The monoisotopic (exact) mass is 295 g/mol. The molecule has 0 aromatic heterocycles. The van der Waals surface area contributed by atoms with Gasteiger partial charge in [0.25, 0.3) is 0 Å². The summed E-state index contributed by atoms with van der Waals surface area (Å²) < 4.78 is 26.4. The van der Waals surface area contributed by atoms with Crippen LogP contribution in [0, 0.1) is 5.92 Å². The molecule has 1 rings (SSSR count). The van der Waals surface area contributed by atoms with Crippen LogP contribution in [0.1, 0.15) is 57.8 Å². The predicted octanol–water partition coefficient (Wildman–Crippen LogP) is 3.29. The summed E-state index contributed by atoms with van der Waals surface area (Å²) in [6, 6.07) is 0. The van der Waals surface area contributed by atoms with Gasteiger partial charge in [0.2, 0.25) is 10.0 Å². The molecule has 0 unspecified atom stereocenters. The van der Waals surface area contributed by atoms with E-state index >= 15 is 0 Å². The number of hydrogen-bond donors (Lipinski definition) is 1. The lowest BCUT2D eigenvalue weighted by Gasteiger charge is -2.21. The number of rotatable bonds is 9. The number of hydrogen-bond acceptors (Lipinski definition) is 2.